The van der Waals surface area contributed by atoms with Gasteiger partial charge in [-0.1, -0.05) is 49.4 Å². The maximum Gasteiger partial charge on any atom is 0.295 e. The van der Waals surface area contributed by atoms with Crippen LogP contribution < -0.4 is 9.47 Å². The Morgan fingerprint density at radius 2 is 1.56 bits per heavy atom. The number of rotatable bonds is 8. The highest BCUT2D eigenvalue weighted by Gasteiger charge is 2.46. The Morgan fingerprint density at radius 3 is 2.18 bits per heavy atom. The zero-order valence-corrected chi connectivity index (χ0v) is 19.2. The van der Waals surface area contributed by atoms with Crippen molar-refractivity contribution >= 4 is 17.4 Å². The number of nitrogens with zero attached hydrogens (tertiary/aromatic N) is 1. The lowest BCUT2D eigenvalue weighted by molar-refractivity contribution is -0.140. The summed E-state index contributed by atoms with van der Waals surface area (Å²) in [6.07, 6.45) is 0.883. The first-order valence-corrected chi connectivity index (χ1v) is 11.2. The summed E-state index contributed by atoms with van der Waals surface area (Å²) >= 11 is 0. The van der Waals surface area contributed by atoms with E-state index in [1.165, 1.54) is 4.90 Å². The van der Waals surface area contributed by atoms with Crippen LogP contribution in [-0.4, -0.2) is 35.4 Å². The van der Waals surface area contributed by atoms with Crippen LogP contribution in [0.15, 0.2) is 84.4 Å². The maximum atomic E-state index is 13.2. The first kappa shape index (κ1) is 23.1. The molecule has 1 unspecified atom stereocenters. The Hall–Kier alpha value is -4.06. The quantitative estimate of drug-likeness (QED) is 0.289. The minimum absolute atomic E-state index is 0.0633. The van der Waals surface area contributed by atoms with Gasteiger partial charge in [0.25, 0.3) is 11.7 Å². The molecule has 34 heavy (non-hydrogen) atoms. The molecule has 1 aliphatic rings. The molecule has 0 saturated carbocycles. The van der Waals surface area contributed by atoms with E-state index in [4.69, 9.17) is 9.47 Å². The van der Waals surface area contributed by atoms with Gasteiger partial charge in [-0.25, -0.2) is 0 Å². The van der Waals surface area contributed by atoms with Gasteiger partial charge >= 0.3 is 0 Å². The molecule has 0 bridgehead atoms. The Morgan fingerprint density at radius 1 is 0.912 bits per heavy atom. The lowest BCUT2D eigenvalue weighted by Crippen LogP contribution is -2.29. The number of methoxy groups -OCH3 is 1. The molecular formula is C28H27NO5. The van der Waals surface area contributed by atoms with Gasteiger partial charge in [-0.15, -0.1) is 0 Å². The summed E-state index contributed by atoms with van der Waals surface area (Å²) in [5.41, 5.74) is 2.11. The Labute approximate surface area is 199 Å². The average Bonchev–Trinajstić information content (AvgIpc) is 3.13. The van der Waals surface area contributed by atoms with E-state index in [1.807, 2.05) is 49.4 Å². The van der Waals surface area contributed by atoms with Crippen molar-refractivity contribution in [3.63, 3.8) is 0 Å². The molecule has 3 aromatic rings. The summed E-state index contributed by atoms with van der Waals surface area (Å²) in [6, 6.07) is 22.8. The van der Waals surface area contributed by atoms with Crippen molar-refractivity contribution in [1.29, 1.82) is 0 Å². The number of benzene rings is 3. The molecule has 1 N–H and O–H groups in total. The van der Waals surface area contributed by atoms with E-state index in [0.29, 0.717) is 29.2 Å². The number of carbonyl (C=O) groups excluding carboxylic acids is 2. The number of Topliss-reactive ketones (excluding diaryl/α,β-unsaturated/α-hetero) is 1. The number of aliphatic hydroxyl groups excluding tert-OH is 1. The zero-order chi connectivity index (χ0) is 24.1. The van der Waals surface area contributed by atoms with Gasteiger partial charge in [-0.2, -0.15) is 0 Å². The van der Waals surface area contributed by atoms with Crippen molar-refractivity contribution in [1.82, 2.24) is 4.90 Å². The topological polar surface area (TPSA) is 76.1 Å². The van der Waals surface area contributed by atoms with E-state index in [0.717, 1.165) is 12.0 Å². The van der Waals surface area contributed by atoms with Crippen molar-refractivity contribution in [2.45, 2.75) is 25.9 Å². The molecule has 1 fully saturated rings. The van der Waals surface area contributed by atoms with Crippen molar-refractivity contribution in [3.8, 4) is 11.5 Å². The molecule has 0 radical (unpaired) electrons. The average molecular weight is 458 g/mol. The van der Waals surface area contributed by atoms with Gasteiger partial charge in [-0.3, -0.25) is 9.59 Å². The van der Waals surface area contributed by atoms with E-state index in [2.05, 4.69) is 0 Å². The molecule has 1 saturated heterocycles. The van der Waals surface area contributed by atoms with Crippen LogP contribution in [0.2, 0.25) is 0 Å². The maximum absolute atomic E-state index is 13.2. The third-order valence-electron chi connectivity index (χ3n) is 5.77. The SMILES string of the molecule is CCCOc1ccc(C(O)=C2C(=O)C(=O)N(Cc3ccccc3)C2c2ccc(OC)cc2)cc1. The molecule has 0 spiro atoms. The predicted octanol–water partition coefficient (Wildman–Crippen LogP) is 5.11. The van der Waals surface area contributed by atoms with Gasteiger partial charge < -0.3 is 19.5 Å². The summed E-state index contributed by atoms with van der Waals surface area (Å²) in [5, 5.41) is 11.2. The predicted molar refractivity (Wildman–Crippen MR) is 130 cm³/mol. The number of likely N-dealkylation sites (tertiary alicyclic amines) is 1. The highest BCUT2D eigenvalue weighted by atomic mass is 16.5. The molecule has 1 atom stereocenters. The largest absolute Gasteiger partial charge is 0.507 e. The fourth-order valence-electron chi connectivity index (χ4n) is 4.04. The lowest BCUT2D eigenvalue weighted by atomic mass is 9.95. The molecule has 6 heteroatoms. The van der Waals surface area contributed by atoms with Gasteiger partial charge in [0.05, 0.1) is 25.3 Å². The fourth-order valence-corrected chi connectivity index (χ4v) is 4.04. The summed E-state index contributed by atoms with van der Waals surface area (Å²) < 4.78 is 10.9. The van der Waals surface area contributed by atoms with Gasteiger partial charge in [0.15, 0.2) is 0 Å². The number of ketones is 1. The second kappa shape index (κ2) is 10.3. The van der Waals surface area contributed by atoms with Crippen LogP contribution in [0.4, 0.5) is 0 Å². The fraction of sp³-hybridized carbons (Fsp3) is 0.214. The van der Waals surface area contributed by atoms with Crippen LogP contribution in [0.1, 0.15) is 36.1 Å². The van der Waals surface area contributed by atoms with Crippen molar-refractivity contribution in [2.24, 2.45) is 0 Å². The Balaban J connectivity index is 1.78. The van der Waals surface area contributed by atoms with Crippen LogP contribution >= 0.6 is 0 Å². The highest BCUT2D eigenvalue weighted by Crippen LogP contribution is 2.40. The first-order valence-electron chi connectivity index (χ1n) is 11.2. The summed E-state index contributed by atoms with van der Waals surface area (Å²) in [4.78, 5) is 27.8. The molecule has 3 aromatic carbocycles. The second-order valence-electron chi connectivity index (χ2n) is 8.06. The summed E-state index contributed by atoms with van der Waals surface area (Å²) in [5.74, 6) is -0.229. The standard InChI is InChI=1S/C28H27NO5/c1-3-17-34-23-15-11-21(12-16-23)26(30)24-25(20-9-13-22(33-2)14-10-20)29(28(32)27(24)31)18-19-7-5-4-6-8-19/h4-16,25,30H,3,17-18H2,1-2H3. The number of hydrogen-bond acceptors (Lipinski definition) is 5. The van der Waals surface area contributed by atoms with Crippen molar-refractivity contribution in [2.75, 3.05) is 13.7 Å². The smallest absolute Gasteiger partial charge is 0.295 e. The molecule has 4 rings (SSSR count). The molecule has 6 nitrogen and oxygen atoms in total. The van der Waals surface area contributed by atoms with Crippen LogP contribution in [-0.2, 0) is 16.1 Å². The van der Waals surface area contributed by atoms with Crippen molar-refractivity contribution < 1.29 is 24.2 Å². The number of ether oxygens (including phenoxy) is 2. The monoisotopic (exact) mass is 457 g/mol. The number of carbonyl (C=O) groups is 2. The van der Waals surface area contributed by atoms with Crippen LogP contribution in [0.25, 0.3) is 5.76 Å². The second-order valence-corrected chi connectivity index (χ2v) is 8.06. The normalized spacial score (nSPS) is 17.1. The number of aliphatic hydroxyl groups is 1. The van der Waals surface area contributed by atoms with Crippen LogP contribution in [0, 0.1) is 0 Å². The summed E-state index contributed by atoms with van der Waals surface area (Å²) in [7, 11) is 1.57. The lowest BCUT2D eigenvalue weighted by Gasteiger charge is -2.25. The van der Waals surface area contributed by atoms with Crippen LogP contribution in [0.3, 0.4) is 0 Å². The third-order valence-corrected chi connectivity index (χ3v) is 5.77. The van der Waals surface area contributed by atoms with E-state index in [1.54, 1.807) is 43.5 Å². The molecular weight excluding hydrogens is 430 g/mol. The van der Waals surface area contributed by atoms with Crippen LogP contribution in [0.5, 0.6) is 11.5 Å². The summed E-state index contributed by atoms with van der Waals surface area (Å²) in [6.45, 7) is 2.85. The highest BCUT2D eigenvalue weighted by molar-refractivity contribution is 6.46. The molecule has 0 aromatic heterocycles. The molecule has 1 aliphatic heterocycles. The Kier molecular flexibility index (Phi) is 6.97. The van der Waals surface area contributed by atoms with Gasteiger partial charge in [0, 0.05) is 12.1 Å². The minimum Gasteiger partial charge on any atom is -0.507 e. The number of amides is 1. The number of hydrogen-bond donors (Lipinski definition) is 1. The van der Waals surface area contributed by atoms with Gasteiger partial charge in [0.2, 0.25) is 0 Å². The van der Waals surface area contributed by atoms with E-state index < -0.39 is 17.7 Å². The minimum atomic E-state index is -0.734. The zero-order valence-electron chi connectivity index (χ0n) is 19.2. The van der Waals surface area contributed by atoms with Gasteiger partial charge in [-0.05, 0) is 53.9 Å². The van der Waals surface area contributed by atoms with E-state index >= 15 is 0 Å². The molecule has 174 valence electrons. The van der Waals surface area contributed by atoms with E-state index in [-0.39, 0.29) is 17.9 Å². The molecule has 1 heterocycles. The Bertz CT molecular complexity index is 1180. The van der Waals surface area contributed by atoms with Crippen molar-refractivity contribution in [3.05, 3.63) is 101 Å². The first-order chi connectivity index (χ1) is 16.5. The van der Waals surface area contributed by atoms with Gasteiger partial charge in [0.1, 0.15) is 17.3 Å². The van der Waals surface area contributed by atoms with E-state index in [9.17, 15) is 14.7 Å². The molecule has 1 amide bonds. The third kappa shape index (κ3) is 4.66. The molecule has 0 aliphatic carbocycles.